The van der Waals surface area contributed by atoms with E-state index in [1.807, 2.05) is 24.3 Å². The lowest BCUT2D eigenvalue weighted by molar-refractivity contribution is -0.119. The van der Waals surface area contributed by atoms with Gasteiger partial charge in [-0.15, -0.1) is 0 Å². The number of rotatable bonds is 7. The van der Waals surface area contributed by atoms with Crippen molar-refractivity contribution >= 4 is 27.8 Å². The van der Waals surface area contributed by atoms with Crippen LogP contribution in [0.25, 0.3) is 27.8 Å². The number of nitrogens with zero attached hydrogens (tertiary/aromatic N) is 3. The van der Waals surface area contributed by atoms with Gasteiger partial charge in [0.25, 0.3) is 5.56 Å². The predicted octanol–water partition coefficient (Wildman–Crippen LogP) is 2.40. The van der Waals surface area contributed by atoms with Gasteiger partial charge in [-0.3, -0.25) is 14.2 Å². The second kappa shape index (κ2) is 7.96. The van der Waals surface area contributed by atoms with Crippen LogP contribution in [-0.2, 0) is 11.3 Å². The SMILES string of the molecule is NC(=O)CC(NCc1ccc2c(ccc(=O)n2-c2ncnc3[nH]ccc23)c1)C1CCC1. The van der Waals surface area contributed by atoms with Crippen LogP contribution < -0.4 is 16.6 Å². The van der Waals surface area contributed by atoms with Crippen LogP contribution in [0.3, 0.4) is 0 Å². The van der Waals surface area contributed by atoms with Crippen LogP contribution in [0.2, 0.25) is 0 Å². The summed E-state index contributed by atoms with van der Waals surface area (Å²) < 4.78 is 1.62. The fraction of sp³-hybridized carbons (Fsp3) is 0.304. The topological polar surface area (TPSA) is 119 Å². The largest absolute Gasteiger partial charge is 0.370 e. The van der Waals surface area contributed by atoms with E-state index in [4.69, 9.17) is 5.73 Å². The molecule has 4 N–H and O–H groups in total. The van der Waals surface area contributed by atoms with Crippen LogP contribution in [-0.4, -0.2) is 31.5 Å². The van der Waals surface area contributed by atoms with Crippen LogP contribution in [0.5, 0.6) is 0 Å². The van der Waals surface area contributed by atoms with Gasteiger partial charge in [-0.05, 0) is 54.0 Å². The molecule has 3 aromatic heterocycles. The van der Waals surface area contributed by atoms with E-state index in [1.54, 1.807) is 16.8 Å². The first-order valence-corrected chi connectivity index (χ1v) is 10.5. The Balaban J connectivity index is 1.47. The van der Waals surface area contributed by atoms with Gasteiger partial charge < -0.3 is 16.0 Å². The number of carbonyl (C=O) groups excluding carboxylic acids is 1. The molecule has 1 fully saturated rings. The van der Waals surface area contributed by atoms with Crippen LogP contribution in [0.1, 0.15) is 31.2 Å². The molecule has 1 atom stereocenters. The van der Waals surface area contributed by atoms with Gasteiger partial charge in [0.15, 0.2) is 5.82 Å². The lowest BCUT2D eigenvalue weighted by Gasteiger charge is -2.34. The van der Waals surface area contributed by atoms with Crippen molar-refractivity contribution in [3.63, 3.8) is 0 Å². The fourth-order valence-electron chi connectivity index (χ4n) is 4.37. The first-order chi connectivity index (χ1) is 15.1. The number of nitrogens with one attached hydrogen (secondary N) is 2. The van der Waals surface area contributed by atoms with E-state index in [9.17, 15) is 9.59 Å². The molecule has 0 radical (unpaired) electrons. The van der Waals surface area contributed by atoms with Gasteiger partial charge in [0.2, 0.25) is 5.91 Å². The monoisotopic (exact) mass is 416 g/mol. The molecule has 1 aliphatic carbocycles. The molecule has 1 unspecified atom stereocenters. The summed E-state index contributed by atoms with van der Waals surface area (Å²) in [5.74, 6) is 0.798. The minimum absolute atomic E-state index is 0.110. The van der Waals surface area contributed by atoms with Gasteiger partial charge in [-0.25, -0.2) is 9.97 Å². The molecule has 1 saturated carbocycles. The normalized spacial score (nSPS) is 15.2. The van der Waals surface area contributed by atoms with Crippen molar-refractivity contribution in [3.05, 3.63) is 64.8 Å². The van der Waals surface area contributed by atoms with E-state index in [0.29, 0.717) is 30.3 Å². The number of nitrogens with two attached hydrogens (primary N) is 1. The number of hydrogen-bond acceptors (Lipinski definition) is 5. The summed E-state index contributed by atoms with van der Waals surface area (Å²) in [4.78, 5) is 35.9. The molecule has 0 spiro atoms. The maximum Gasteiger partial charge on any atom is 0.256 e. The van der Waals surface area contributed by atoms with E-state index < -0.39 is 0 Å². The fourth-order valence-corrected chi connectivity index (χ4v) is 4.37. The third kappa shape index (κ3) is 3.70. The molecule has 5 rings (SSSR count). The summed E-state index contributed by atoms with van der Waals surface area (Å²) in [7, 11) is 0. The van der Waals surface area contributed by atoms with Crippen molar-refractivity contribution in [2.75, 3.05) is 0 Å². The Bertz CT molecular complexity index is 1320. The van der Waals surface area contributed by atoms with Crippen molar-refractivity contribution in [1.82, 2.24) is 24.8 Å². The lowest BCUT2D eigenvalue weighted by atomic mass is 9.78. The average molecular weight is 416 g/mol. The van der Waals surface area contributed by atoms with Gasteiger partial charge >= 0.3 is 0 Å². The molecular formula is C23H24N6O2. The van der Waals surface area contributed by atoms with E-state index in [-0.39, 0.29) is 17.5 Å². The van der Waals surface area contributed by atoms with E-state index in [1.165, 1.54) is 12.7 Å². The highest BCUT2D eigenvalue weighted by Gasteiger charge is 2.28. The van der Waals surface area contributed by atoms with Crippen LogP contribution in [0.4, 0.5) is 0 Å². The zero-order valence-corrected chi connectivity index (χ0v) is 17.0. The molecule has 3 heterocycles. The maximum atomic E-state index is 12.8. The van der Waals surface area contributed by atoms with Gasteiger partial charge in [0.05, 0.1) is 10.9 Å². The van der Waals surface area contributed by atoms with Gasteiger partial charge in [-0.1, -0.05) is 12.5 Å². The van der Waals surface area contributed by atoms with Crippen molar-refractivity contribution in [1.29, 1.82) is 0 Å². The van der Waals surface area contributed by atoms with Gasteiger partial charge in [0.1, 0.15) is 12.0 Å². The molecule has 0 aliphatic heterocycles. The number of primary amides is 1. The zero-order chi connectivity index (χ0) is 21.4. The quantitative estimate of drug-likeness (QED) is 0.427. The summed E-state index contributed by atoms with van der Waals surface area (Å²) in [5.41, 5.74) is 7.85. The minimum atomic E-state index is -0.271. The zero-order valence-electron chi connectivity index (χ0n) is 17.0. The highest BCUT2D eigenvalue weighted by atomic mass is 16.1. The van der Waals surface area contributed by atoms with E-state index in [2.05, 4.69) is 26.3 Å². The van der Waals surface area contributed by atoms with Crippen molar-refractivity contribution in [2.45, 2.75) is 38.3 Å². The second-order valence-corrected chi connectivity index (χ2v) is 8.19. The number of pyridine rings is 1. The standard InChI is InChI=1S/C23H24N6O2/c24-20(30)11-18(15-2-1-3-15)26-12-14-4-6-19-16(10-14)5-7-21(31)29(19)23-17-8-9-25-22(17)27-13-28-23/h4-10,13,15,18,26H,1-3,11-12H2,(H2,24,30)(H,25,27,28). The Kier molecular flexibility index (Phi) is 4.99. The summed E-state index contributed by atoms with van der Waals surface area (Å²) in [6.07, 6.45) is 7.10. The predicted molar refractivity (Wildman–Crippen MR) is 119 cm³/mol. The third-order valence-corrected chi connectivity index (χ3v) is 6.21. The van der Waals surface area contributed by atoms with E-state index in [0.717, 1.165) is 34.7 Å². The molecule has 0 bridgehead atoms. The number of hydrogen-bond donors (Lipinski definition) is 3. The van der Waals surface area contributed by atoms with E-state index >= 15 is 0 Å². The van der Waals surface area contributed by atoms with Gasteiger partial charge in [0, 0.05) is 31.3 Å². The molecule has 1 aliphatic rings. The molecule has 158 valence electrons. The Morgan fingerprint density at radius 1 is 1.23 bits per heavy atom. The third-order valence-electron chi connectivity index (χ3n) is 6.21. The molecule has 8 heteroatoms. The number of benzene rings is 1. The molecule has 1 aromatic carbocycles. The summed E-state index contributed by atoms with van der Waals surface area (Å²) >= 11 is 0. The maximum absolute atomic E-state index is 12.8. The van der Waals surface area contributed by atoms with Crippen LogP contribution in [0.15, 0.2) is 53.7 Å². The number of carbonyl (C=O) groups is 1. The highest BCUT2D eigenvalue weighted by Crippen LogP contribution is 2.31. The van der Waals surface area contributed by atoms with Crippen molar-refractivity contribution in [2.24, 2.45) is 11.7 Å². The first-order valence-electron chi connectivity index (χ1n) is 10.5. The number of fused-ring (bicyclic) bond motifs is 2. The van der Waals surface area contributed by atoms with Crippen LogP contribution in [0, 0.1) is 5.92 Å². The second-order valence-electron chi connectivity index (χ2n) is 8.19. The van der Waals surface area contributed by atoms with Gasteiger partial charge in [-0.2, -0.15) is 0 Å². The van der Waals surface area contributed by atoms with Crippen molar-refractivity contribution in [3.8, 4) is 5.82 Å². The minimum Gasteiger partial charge on any atom is -0.370 e. The number of aromatic nitrogens is 4. The molecule has 4 aromatic rings. The Morgan fingerprint density at radius 3 is 2.87 bits per heavy atom. The molecule has 1 amide bonds. The van der Waals surface area contributed by atoms with Crippen molar-refractivity contribution < 1.29 is 4.79 Å². The molecule has 8 nitrogen and oxygen atoms in total. The Hall–Kier alpha value is -3.52. The Labute approximate surface area is 178 Å². The number of H-pyrrole nitrogens is 1. The Morgan fingerprint density at radius 2 is 2.10 bits per heavy atom. The molecule has 31 heavy (non-hydrogen) atoms. The van der Waals surface area contributed by atoms with Crippen LogP contribution >= 0.6 is 0 Å². The smallest absolute Gasteiger partial charge is 0.256 e. The number of amides is 1. The lowest BCUT2D eigenvalue weighted by Crippen LogP contribution is -2.41. The number of aromatic amines is 1. The highest BCUT2D eigenvalue weighted by molar-refractivity contribution is 5.87. The first kappa shape index (κ1) is 19.4. The summed E-state index contributed by atoms with van der Waals surface area (Å²) in [6, 6.07) is 11.4. The summed E-state index contributed by atoms with van der Waals surface area (Å²) in [5, 5.41) is 5.25. The summed E-state index contributed by atoms with van der Waals surface area (Å²) in [6.45, 7) is 0.638. The molecule has 0 saturated heterocycles. The average Bonchev–Trinajstić information content (AvgIpc) is 3.19. The molecular weight excluding hydrogens is 392 g/mol.